The summed E-state index contributed by atoms with van der Waals surface area (Å²) in [5, 5.41) is 5.79. The number of benzene rings is 2. The molecule has 0 atom stereocenters. The maximum Gasteiger partial charge on any atom is 0.255 e. The van der Waals surface area contributed by atoms with Crippen LogP contribution in [0.3, 0.4) is 0 Å². The van der Waals surface area contributed by atoms with Gasteiger partial charge in [-0.2, -0.15) is 0 Å². The smallest absolute Gasteiger partial charge is 0.255 e. The molecule has 2 N–H and O–H groups in total. The number of fused-ring (bicyclic) bond motifs is 1. The van der Waals surface area contributed by atoms with E-state index < -0.39 is 17.5 Å². The number of halogens is 3. The monoisotopic (exact) mass is 450 g/mol. The Bertz CT molecular complexity index is 1010. The minimum absolute atomic E-state index is 0.0111. The normalized spacial score (nSPS) is 20.4. The molecule has 0 unspecified atom stereocenters. The Kier molecular flexibility index (Phi) is 6.38. The number of rotatable bonds is 4. The summed E-state index contributed by atoms with van der Waals surface area (Å²) in [5.41, 5.74) is 1.00. The molecule has 1 fully saturated rings. The van der Waals surface area contributed by atoms with Crippen molar-refractivity contribution in [3.8, 4) is 5.75 Å². The number of carbonyl (C=O) groups excluding carboxylic acids is 2. The molecule has 0 radical (unpaired) electrons. The molecular weight excluding hydrogens is 430 g/mol. The minimum atomic E-state index is -0.530. The summed E-state index contributed by atoms with van der Waals surface area (Å²) in [6.07, 6.45) is 2.34. The zero-order valence-electron chi connectivity index (χ0n) is 16.6. The van der Waals surface area contributed by atoms with E-state index in [-0.39, 0.29) is 41.9 Å². The average molecular weight is 451 g/mol. The minimum Gasteiger partial charge on any atom is -0.466 e. The molecule has 164 valence electrons. The van der Waals surface area contributed by atoms with E-state index in [2.05, 4.69) is 10.6 Å². The number of nitrogens with one attached hydrogen (secondary N) is 2. The fourth-order valence-corrected chi connectivity index (χ4v) is 4.15. The van der Waals surface area contributed by atoms with Crippen LogP contribution in [0.25, 0.3) is 0 Å². The Labute approximate surface area is 182 Å². The third kappa shape index (κ3) is 4.97. The van der Waals surface area contributed by atoms with Crippen LogP contribution in [0.1, 0.15) is 41.6 Å². The van der Waals surface area contributed by atoms with Gasteiger partial charge in [-0.1, -0.05) is 11.6 Å². The molecule has 2 aromatic rings. The van der Waals surface area contributed by atoms with Gasteiger partial charge < -0.3 is 20.1 Å². The number of carbonyl (C=O) groups is 2. The molecule has 2 aromatic carbocycles. The van der Waals surface area contributed by atoms with E-state index in [1.54, 1.807) is 0 Å². The van der Waals surface area contributed by atoms with E-state index >= 15 is 0 Å². The van der Waals surface area contributed by atoms with Crippen molar-refractivity contribution in [2.75, 3.05) is 12.1 Å². The van der Waals surface area contributed by atoms with Crippen LogP contribution in [0.4, 0.5) is 14.5 Å². The lowest BCUT2D eigenvalue weighted by Crippen LogP contribution is -2.40. The van der Waals surface area contributed by atoms with Gasteiger partial charge in [-0.15, -0.1) is 0 Å². The summed E-state index contributed by atoms with van der Waals surface area (Å²) in [6.45, 7) is 0.197. The molecule has 2 aliphatic rings. The highest BCUT2D eigenvalue weighted by Crippen LogP contribution is 2.31. The van der Waals surface area contributed by atoms with Gasteiger partial charge in [0.1, 0.15) is 17.4 Å². The Morgan fingerprint density at radius 1 is 1.03 bits per heavy atom. The molecule has 0 spiro atoms. The number of ether oxygens (including phenoxy) is 2. The first kappa shape index (κ1) is 21.5. The highest BCUT2D eigenvalue weighted by molar-refractivity contribution is 6.33. The highest BCUT2D eigenvalue weighted by atomic mass is 35.5. The highest BCUT2D eigenvalue weighted by Gasteiger charge is 2.29. The van der Waals surface area contributed by atoms with Crippen LogP contribution in [-0.4, -0.2) is 24.6 Å². The zero-order chi connectivity index (χ0) is 22.0. The van der Waals surface area contributed by atoms with E-state index in [1.807, 2.05) is 0 Å². The number of amides is 2. The predicted molar refractivity (Wildman–Crippen MR) is 110 cm³/mol. The Morgan fingerprint density at radius 2 is 1.81 bits per heavy atom. The molecule has 31 heavy (non-hydrogen) atoms. The lowest BCUT2D eigenvalue weighted by atomic mass is 9.85. The summed E-state index contributed by atoms with van der Waals surface area (Å²) in [6, 6.07) is 6.12. The Balaban J connectivity index is 1.34. The predicted octanol–water partition coefficient (Wildman–Crippen LogP) is 4.41. The Morgan fingerprint density at radius 3 is 2.55 bits per heavy atom. The lowest BCUT2D eigenvalue weighted by Gasteiger charge is -2.29. The molecule has 2 amide bonds. The fraction of sp³-hybridized carbons (Fsp3) is 0.364. The van der Waals surface area contributed by atoms with Crippen molar-refractivity contribution in [1.29, 1.82) is 0 Å². The summed E-state index contributed by atoms with van der Waals surface area (Å²) in [7, 11) is 0. The quantitative estimate of drug-likeness (QED) is 0.723. The van der Waals surface area contributed by atoms with Gasteiger partial charge in [0.25, 0.3) is 5.91 Å². The van der Waals surface area contributed by atoms with Gasteiger partial charge in [-0.25, -0.2) is 8.78 Å². The van der Waals surface area contributed by atoms with Crippen LogP contribution in [0.15, 0.2) is 30.3 Å². The van der Waals surface area contributed by atoms with Gasteiger partial charge in [0.2, 0.25) is 5.91 Å². The lowest BCUT2D eigenvalue weighted by molar-refractivity contribution is -0.120. The average Bonchev–Trinajstić information content (AvgIpc) is 2.75. The topological polar surface area (TPSA) is 76.7 Å². The SMILES string of the molecule is O=C(NC1CCC(C(=O)Nc2ccc(F)cc2Cl)CC1)c1cc(F)cc2c1OCOC2. The third-order valence-corrected chi connectivity index (χ3v) is 5.85. The van der Waals surface area contributed by atoms with Crippen LogP contribution >= 0.6 is 11.6 Å². The number of hydrogen-bond acceptors (Lipinski definition) is 4. The third-order valence-electron chi connectivity index (χ3n) is 5.54. The Hall–Kier alpha value is -2.71. The van der Waals surface area contributed by atoms with Crippen LogP contribution in [0.5, 0.6) is 5.75 Å². The molecule has 9 heteroatoms. The largest absolute Gasteiger partial charge is 0.466 e. The van der Waals surface area contributed by atoms with E-state index in [0.29, 0.717) is 42.7 Å². The molecule has 1 saturated carbocycles. The van der Waals surface area contributed by atoms with Crippen molar-refractivity contribution >= 4 is 29.1 Å². The first-order chi connectivity index (χ1) is 14.9. The first-order valence-electron chi connectivity index (χ1n) is 10.0. The molecule has 6 nitrogen and oxygen atoms in total. The summed E-state index contributed by atoms with van der Waals surface area (Å²) in [4.78, 5) is 25.3. The van der Waals surface area contributed by atoms with Crippen LogP contribution in [-0.2, 0) is 16.1 Å². The maximum absolute atomic E-state index is 13.9. The fourth-order valence-electron chi connectivity index (χ4n) is 3.94. The summed E-state index contributed by atoms with van der Waals surface area (Å²) < 4.78 is 37.6. The molecule has 1 aliphatic carbocycles. The molecule has 0 saturated heterocycles. The van der Waals surface area contributed by atoms with Crippen molar-refractivity contribution in [2.45, 2.75) is 38.3 Å². The van der Waals surface area contributed by atoms with Crippen molar-refractivity contribution in [3.05, 3.63) is 58.1 Å². The van der Waals surface area contributed by atoms with E-state index in [9.17, 15) is 18.4 Å². The second-order valence-corrected chi connectivity index (χ2v) is 8.09. The standard InChI is InChI=1S/C22H21ClF2N2O4/c23-18-9-14(24)3-6-19(18)27-21(28)12-1-4-16(5-2-12)26-22(29)17-8-15(25)7-13-10-30-11-31-20(13)17/h3,6-9,12,16H,1-2,4-5,10-11H2,(H,26,29)(H,27,28). The van der Waals surface area contributed by atoms with E-state index in [4.69, 9.17) is 21.1 Å². The molecule has 1 heterocycles. The molecule has 0 bridgehead atoms. The molecule has 1 aliphatic heterocycles. The maximum atomic E-state index is 13.9. The number of hydrogen-bond donors (Lipinski definition) is 2. The van der Waals surface area contributed by atoms with Crippen molar-refractivity contribution < 1.29 is 27.8 Å². The van der Waals surface area contributed by atoms with Crippen molar-refractivity contribution in [1.82, 2.24) is 5.32 Å². The van der Waals surface area contributed by atoms with Gasteiger partial charge >= 0.3 is 0 Å². The van der Waals surface area contributed by atoms with E-state index in [0.717, 1.165) is 12.1 Å². The van der Waals surface area contributed by atoms with Crippen LogP contribution in [0.2, 0.25) is 5.02 Å². The van der Waals surface area contributed by atoms with Crippen LogP contribution in [0, 0.1) is 17.6 Å². The van der Waals surface area contributed by atoms with Gasteiger partial charge in [0.15, 0.2) is 6.79 Å². The van der Waals surface area contributed by atoms with Crippen molar-refractivity contribution in [3.63, 3.8) is 0 Å². The first-order valence-corrected chi connectivity index (χ1v) is 10.4. The molecular formula is C22H21ClF2N2O4. The molecule has 4 rings (SSSR count). The summed E-state index contributed by atoms with van der Waals surface area (Å²) in [5.74, 6) is -1.50. The van der Waals surface area contributed by atoms with E-state index in [1.165, 1.54) is 18.2 Å². The van der Waals surface area contributed by atoms with Gasteiger partial charge in [-0.3, -0.25) is 9.59 Å². The number of anilines is 1. The van der Waals surface area contributed by atoms with Crippen molar-refractivity contribution in [2.24, 2.45) is 5.92 Å². The van der Waals surface area contributed by atoms with Gasteiger partial charge in [0, 0.05) is 17.5 Å². The van der Waals surface area contributed by atoms with Gasteiger partial charge in [0.05, 0.1) is 22.9 Å². The second kappa shape index (κ2) is 9.20. The van der Waals surface area contributed by atoms with Crippen LogP contribution < -0.4 is 15.4 Å². The molecule has 0 aromatic heterocycles. The summed E-state index contributed by atoms with van der Waals surface area (Å²) >= 11 is 5.97. The second-order valence-electron chi connectivity index (χ2n) is 7.69. The van der Waals surface area contributed by atoms with Gasteiger partial charge in [-0.05, 0) is 56.0 Å². The zero-order valence-corrected chi connectivity index (χ0v) is 17.3.